The first kappa shape index (κ1) is 15.9. The summed E-state index contributed by atoms with van der Waals surface area (Å²) in [7, 11) is 1.35. The molecule has 0 aromatic rings. The van der Waals surface area contributed by atoms with Crippen LogP contribution in [0.5, 0.6) is 0 Å². The number of hydrogen-bond donors (Lipinski definition) is 1. The Morgan fingerprint density at radius 2 is 2.21 bits per heavy atom. The Kier molecular flexibility index (Phi) is 7.43. The van der Waals surface area contributed by atoms with Gasteiger partial charge in [-0.15, -0.1) is 0 Å². The minimum atomic E-state index is -0.319. The molecule has 1 N–H and O–H groups in total. The molecule has 0 aromatic carbocycles. The van der Waals surface area contributed by atoms with Crippen molar-refractivity contribution in [2.24, 2.45) is 0 Å². The zero-order valence-corrected chi connectivity index (χ0v) is 11.8. The van der Waals surface area contributed by atoms with E-state index >= 15 is 0 Å². The molecule has 1 amide bonds. The van der Waals surface area contributed by atoms with Crippen molar-refractivity contribution in [3.05, 3.63) is 0 Å². The Bertz CT molecular complexity index is 290. The summed E-state index contributed by atoms with van der Waals surface area (Å²) < 4.78 is 10.1. The van der Waals surface area contributed by atoms with Crippen LogP contribution in [0, 0.1) is 0 Å². The molecule has 1 aliphatic heterocycles. The molecule has 110 valence electrons. The molecule has 0 radical (unpaired) electrons. The second-order valence-electron chi connectivity index (χ2n) is 4.73. The summed E-state index contributed by atoms with van der Waals surface area (Å²) in [5.74, 6) is -0.395. The average molecular weight is 272 g/mol. The summed E-state index contributed by atoms with van der Waals surface area (Å²) in [5.41, 5.74) is 0. The van der Waals surface area contributed by atoms with Crippen LogP contribution in [0.4, 0.5) is 0 Å². The molecule has 1 fully saturated rings. The third kappa shape index (κ3) is 6.54. The van der Waals surface area contributed by atoms with Gasteiger partial charge in [-0.1, -0.05) is 6.92 Å². The van der Waals surface area contributed by atoms with Crippen LogP contribution in [0.15, 0.2) is 0 Å². The molecular formula is C13H24N2O4. The lowest BCUT2D eigenvalue weighted by molar-refractivity contribution is -0.142. The summed E-state index contributed by atoms with van der Waals surface area (Å²) >= 11 is 0. The third-order valence-corrected chi connectivity index (χ3v) is 3.04. The van der Waals surface area contributed by atoms with E-state index in [4.69, 9.17) is 4.74 Å². The van der Waals surface area contributed by atoms with Crippen molar-refractivity contribution in [3.8, 4) is 0 Å². The van der Waals surface area contributed by atoms with Crippen molar-refractivity contribution >= 4 is 11.9 Å². The zero-order valence-electron chi connectivity index (χ0n) is 11.8. The number of methoxy groups -OCH3 is 1. The predicted molar refractivity (Wildman–Crippen MR) is 70.7 cm³/mol. The van der Waals surface area contributed by atoms with E-state index in [2.05, 4.69) is 10.1 Å². The number of nitrogens with zero attached hydrogens (tertiary/aromatic N) is 1. The fraction of sp³-hybridized carbons (Fsp3) is 0.846. The molecule has 6 nitrogen and oxygen atoms in total. The van der Waals surface area contributed by atoms with E-state index in [-0.39, 0.29) is 31.1 Å². The molecule has 1 aliphatic rings. The molecule has 1 unspecified atom stereocenters. The van der Waals surface area contributed by atoms with Crippen molar-refractivity contribution in [3.63, 3.8) is 0 Å². The Labute approximate surface area is 114 Å². The maximum atomic E-state index is 11.8. The van der Waals surface area contributed by atoms with E-state index in [0.29, 0.717) is 13.1 Å². The molecule has 0 aliphatic carbocycles. The Balaban J connectivity index is 2.26. The van der Waals surface area contributed by atoms with Crippen LogP contribution in [0.1, 0.15) is 26.2 Å². The van der Waals surface area contributed by atoms with Crippen molar-refractivity contribution in [2.45, 2.75) is 32.3 Å². The van der Waals surface area contributed by atoms with Gasteiger partial charge in [0.15, 0.2) is 0 Å². The molecule has 0 bridgehead atoms. The van der Waals surface area contributed by atoms with Crippen LogP contribution >= 0.6 is 0 Å². The number of esters is 1. The van der Waals surface area contributed by atoms with Crippen molar-refractivity contribution in [2.75, 3.05) is 39.9 Å². The highest BCUT2D eigenvalue weighted by atomic mass is 16.5. The predicted octanol–water partition coefficient (Wildman–Crippen LogP) is 0.167. The standard InChI is InChI=1S/C13H24N2O4/c1-3-6-15(10-13(17)18-2)9-12(16)14-8-11-5-4-7-19-11/h11H,3-10H2,1-2H3,(H,14,16). The highest BCUT2D eigenvalue weighted by Gasteiger charge is 2.18. The molecular weight excluding hydrogens is 248 g/mol. The third-order valence-electron chi connectivity index (χ3n) is 3.04. The molecule has 1 atom stereocenters. The van der Waals surface area contributed by atoms with Gasteiger partial charge >= 0.3 is 5.97 Å². The van der Waals surface area contributed by atoms with Gasteiger partial charge in [-0.2, -0.15) is 0 Å². The maximum absolute atomic E-state index is 11.8. The van der Waals surface area contributed by atoms with Gasteiger partial charge in [0.05, 0.1) is 26.3 Å². The number of carbonyl (C=O) groups is 2. The van der Waals surface area contributed by atoms with Gasteiger partial charge < -0.3 is 14.8 Å². The number of hydrogen-bond acceptors (Lipinski definition) is 5. The topological polar surface area (TPSA) is 67.9 Å². The Morgan fingerprint density at radius 1 is 1.42 bits per heavy atom. The first-order chi connectivity index (χ1) is 9.15. The Hall–Kier alpha value is -1.14. The van der Waals surface area contributed by atoms with Gasteiger partial charge in [-0.05, 0) is 25.8 Å². The number of rotatable bonds is 8. The van der Waals surface area contributed by atoms with Gasteiger partial charge in [0.1, 0.15) is 0 Å². The van der Waals surface area contributed by atoms with Crippen LogP contribution in [-0.2, 0) is 19.1 Å². The summed E-state index contributed by atoms with van der Waals surface area (Å²) in [5, 5.41) is 2.85. The number of carbonyl (C=O) groups excluding carboxylic acids is 2. The summed E-state index contributed by atoms with van der Waals surface area (Å²) in [6.07, 6.45) is 3.09. The summed E-state index contributed by atoms with van der Waals surface area (Å²) in [6.45, 7) is 4.41. The number of ether oxygens (including phenoxy) is 2. The SMILES string of the molecule is CCCN(CC(=O)NCC1CCCO1)CC(=O)OC. The normalized spacial score (nSPS) is 18.6. The van der Waals surface area contributed by atoms with Crippen molar-refractivity contribution < 1.29 is 19.1 Å². The van der Waals surface area contributed by atoms with Crippen LogP contribution in [0.3, 0.4) is 0 Å². The Morgan fingerprint density at radius 3 is 2.79 bits per heavy atom. The fourth-order valence-corrected chi connectivity index (χ4v) is 2.07. The molecule has 1 heterocycles. The number of amides is 1. The number of nitrogens with one attached hydrogen (secondary N) is 1. The van der Waals surface area contributed by atoms with E-state index in [1.54, 1.807) is 4.90 Å². The first-order valence-corrected chi connectivity index (χ1v) is 6.83. The molecule has 0 saturated carbocycles. The highest BCUT2D eigenvalue weighted by Crippen LogP contribution is 2.10. The first-order valence-electron chi connectivity index (χ1n) is 6.83. The van der Waals surface area contributed by atoms with Crippen LogP contribution < -0.4 is 5.32 Å². The minimum absolute atomic E-state index is 0.0761. The van der Waals surface area contributed by atoms with E-state index in [1.807, 2.05) is 6.92 Å². The molecule has 0 aromatic heterocycles. The molecule has 1 rings (SSSR count). The average Bonchev–Trinajstić information content (AvgIpc) is 2.89. The maximum Gasteiger partial charge on any atom is 0.319 e. The molecule has 1 saturated heterocycles. The lowest BCUT2D eigenvalue weighted by Crippen LogP contribution is -2.42. The smallest absolute Gasteiger partial charge is 0.319 e. The lowest BCUT2D eigenvalue weighted by atomic mass is 10.2. The lowest BCUT2D eigenvalue weighted by Gasteiger charge is -2.20. The largest absolute Gasteiger partial charge is 0.468 e. The van der Waals surface area contributed by atoms with E-state index < -0.39 is 0 Å². The van der Waals surface area contributed by atoms with Gasteiger partial charge in [0.2, 0.25) is 5.91 Å². The van der Waals surface area contributed by atoms with E-state index in [1.165, 1.54) is 7.11 Å². The van der Waals surface area contributed by atoms with Gasteiger partial charge in [0, 0.05) is 13.2 Å². The second-order valence-corrected chi connectivity index (χ2v) is 4.73. The van der Waals surface area contributed by atoms with Crippen LogP contribution in [0.25, 0.3) is 0 Å². The van der Waals surface area contributed by atoms with Gasteiger partial charge in [-0.25, -0.2) is 0 Å². The quantitative estimate of drug-likeness (QED) is 0.638. The van der Waals surface area contributed by atoms with E-state index in [0.717, 1.165) is 25.9 Å². The van der Waals surface area contributed by atoms with E-state index in [9.17, 15) is 9.59 Å². The molecule has 0 spiro atoms. The monoisotopic (exact) mass is 272 g/mol. The summed E-state index contributed by atoms with van der Waals surface area (Å²) in [4.78, 5) is 24.8. The fourth-order valence-electron chi connectivity index (χ4n) is 2.07. The second kappa shape index (κ2) is 8.87. The molecule has 6 heteroatoms. The van der Waals surface area contributed by atoms with Crippen LogP contribution in [-0.4, -0.2) is 62.8 Å². The molecule has 19 heavy (non-hydrogen) atoms. The highest BCUT2D eigenvalue weighted by molar-refractivity contribution is 5.79. The van der Waals surface area contributed by atoms with Crippen molar-refractivity contribution in [1.82, 2.24) is 10.2 Å². The van der Waals surface area contributed by atoms with Gasteiger partial charge in [-0.3, -0.25) is 14.5 Å². The minimum Gasteiger partial charge on any atom is -0.468 e. The summed E-state index contributed by atoms with van der Waals surface area (Å²) in [6, 6.07) is 0. The van der Waals surface area contributed by atoms with Crippen molar-refractivity contribution in [1.29, 1.82) is 0 Å². The van der Waals surface area contributed by atoms with Crippen LogP contribution in [0.2, 0.25) is 0 Å². The van der Waals surface area contributed by atoms with Gasteiger partial charge in [0.25, 0.3) is 0 Å². The zero-order chi connectivity index (χ0) is 14.1.